The number of aromatic nitrogens is 5. The first kappa shape index (κ1) is 20.9. The first-order valence-corrected chi connectivity index (χ1v) is 8.72. The zero-order valence-electron chi connectivity index (χ0n) is 14.6. The van der Waals surface area contributed by atoms with Crippen LogP contribution in [0.4, 0.5) is 23.4 Å². The van der Waals surface area contributed by atoms with Gasteiger partial charge >= 0.3 is 0 Å². The van der Waals surface area contributed by atoms with Crippen molar-refractivity contribution in [2.75, 3.05) is 17.2 Å². The van der Waals surface area contributed by atoms with E-state index in [9.17, 15) is 0 Å². The number of nitrogens with zero attached hydrogens (tertiary/aromatic N) is 4. The van der Waals surface area contributed by atoms with Crippen LogP contribution in [0.5, 0.6) is 0 Å². The number of aromatic amines is 1. The maximum Gasteiger partial charge on any atom is 0.234 e. The van der Waals surface area contributed by atoms with E-state index < -0.39 is 0 Å². The Hall–Kier alpha value is -1.37. The Morgan fingerprint density at radius 3 is 2.50 bits per heavy atom. The molecule has 0 spiro atoms. The van der Waals surface area contributed by atoms with Crippen molar-refractivity contribution < 1.29 is 44.1 Å². The van der Waals surface area contributed by atoms with Crippen LogP contribution in [0.25, 0.3) is 5.73 Å². The summed E-state index contributed by atoms with van der Waals surface area (Å²) < 4.78 is 0. The summed E-state index contributed by atoms with van der Waals surface area (Å²) in [6.07, 6.45) is 0.973. The molecular weight excluding hydrogens is 563 g/mol. The standard InChI is InChI=1S/C16H19N8S.Ac/c1-3-8-18-14-20-15(19-13-9-10(2)23-24-13)22-16(21-14)25-12-6-4-11(17)5-7-12;/h4-7,9,17H,3,8H2,1-2H3,(H3,18,19,20,21,22,23,24);/q-1;. The molecule has 8 nitrogen and oxygen atoms in total. The summed E-state index contributed by atoms with van der Waals surface area (Å²) in [6, 6.07) is 9.11. The summed E-state index contributed by atoms with van der Waals surface area (Å²) in [5, 5.41) is 13.9. The van der Waals surface area contributed by atoms with E-state index in [0.29, 0.717) is 28.6 Å². The third kappa shape index (κ3) is 6.11. The number of rotatable bonds is 7. The molecule has 0 unspecified atom stereocenters. The molecule has 4 N–H and O–H groups in total. The topological polar surface area (TPSA) is 115 Å². The van der Waals surface area contributed by atoms with Gasteiger partial charge in [0.25, 0.3) is 0 Å². The van der Waals surface area contributed by atoms with E-state index in [1.54, 1.807) is 12.1 Å². The molecule has 0 aliphatic carbocycles. The number of benzene rings is 1. The molecule has 0 fully saturated rings. The molecule has 1 radical (unpaired) electrons. The van der Waals surface area contributed by atoms with Crippen molar-refractivity contribution in [2.45, 2.75) is 30.3 Å². The summed E-state index contributed by atoms with van der Waals surface area (Å²) in [6.45, 7) is 4.79. The Morgan fingerprint density at radius 2 is 1.85 bits per heavy atom. The fourth-order valence-corrected chi connectivity index (χ4v) is 2.75. The van der Waals surface area contributed by atoms with Crippen molar-refractivity contribution in [3.05, 3.63) is 41.8 Å². The Labute approximate surface area is 192 Å². The van der Waals surface area contributed by atoms with E-state index in [-0.39, 0.29) is 44.1 Å². The second kappa shape index (κ2) is 10.1. The van der Waals surface area contributed by atoms with E-state index in [1.807, 2.05) is 25.1 Å². The molecule has 0 saturated heterocycles. The van der Waals surface area contributed by atoms with E-state index in [0.717, 1.165) is 23.6 Å². The fourth-order valence-electron chi connectivity index (χ4n) is 2.00. The largest absolute Gasteiger partial charge is 0.699 e. The molecule has 0 aliphatic heterocycles. The summed E-state index contributed by atoms with van der Waals surface area (Å²) in [7, 11) is 0. The smallest absolute Gasteiger partial charge is 0.234 e. The van der Waals surface area contributed by atoms with Crippen LogP contribution in [-0.2, 0) is 0 Å². The maximum atomic E-state index is 7.56. The van der Waals surface area contributed by atoms with E-state index in [4.69, 9.17) is 5.73 Å². The average molecular weight is 582 g/mol. The Bertz CT molecular complexity index is 837. The molecule has 0 bridgehead atoms. The molecule has 26 heavy (non-hydrogen) atoms. The minimum atomic E-state index is 0. The summed E-state index contributed by atoms with van der Waals surface area (Å²) in [5.41, 5.74) is 8.99. The van der Waals surface area contributed by atoms with Gasteiger partial charge in [0, 0.05) is 67.3 Å². The molecule has 0 saturated carbocycles. The first-order chi connectivity index (χ1) is 12.1. The first-order valence-electron chi connectivity index (χ1n) is 7.91. The van der Waals surface area contributed by atoms with Gasteiger partial charge in [0.2, 0.25) is 11.9 Å². The van der Waals surface area contributed by atoms with Crippen LogP contribution in [-0.4, -0.2) is 31.7 Å². The molecule has 0 aliphatic rings. The Balaban J connectivity index is 0.00000243. The van der Waals surface area contributed by atoms with Crippen LogP contribution in [0.1, 0.15) is 19.0 Å². The third-order valence-corrected chi connectivity index (χ3v) is 4.03. The van der Waals surface area contributed by atoms with Crippen LogP contribution in [0.3, 0.4) is 0 Å². The summed E-state index contributed by atoms with van der Waals surface area (Å²) >= 11 is 1.42. The summed E-state index contributed by atoms with van der Waals surface area (Å²) in [4.78, 5) is 14.3. The number of hydrogen-bond acceptors (Lipinski definition) is 7. The van der Waals surface area contributed by atoms with Crippen LogP contribution in [0, 0.1) is 51.0 Å². The number of nitrogens with one attached hydrogen (secondary N) is 4. The van der Waals surface area contributed by atoms with E-state index >= 15 is 0 Å². The third-order valence-electron chi connectivity index (χ3n) is 3.16. The van der Waals surface area contributed by atoms with Gasteiger partial charge in [0.05, 0.1) is 0 Å². The van der Waals surface area contributed by atoms with E-state index in [2.05, 4.69) is 42.7 Å². The second-order valence-corrected chi connectivity index (χ2v) is 6.42. The zero-order chi connectivity index (χ0) is 17.6. The number of aryl methyl sites for hydroxylation is 1. The summed E-state index contributed by atoms with van der Waals surface area (Å²) in [5.74, 6) is 1.60. The Morgan fingerprint density at radius 1 is 1.12 bits per heavy atom. The SMILES string of the molecule is CCCNc1nc(Nc2cc(C)[nH]n2)nc(Sc2ccc([NH-])cc2)n1.[Ac]. The van der Waals surface area contributed by atoms with Gasteiger partial charge in [-0.3, -0.25) is 5.10 Å². The zero-order valence-corrected chi connectivity index (χ0v) is 20.1. The normalized spacial score (nSPS) is 10.2. The van der Waals surface area contributed by atoms with Gasteiger partial charge in [-0.1, -0.05) is 19.1 Å². The molecule has 2 heterocycles. The van der Waals surface area contributed by atoms with Crippen LogP contribution in [0.2, 0.25) is 0 Å². The van der Waals surface area contributed by atoms with Crippen LogP contribution < -0.4 is 10.6 Å². The molecule has 0 amide bonds. The predicted molar refractivity (Wildman–Crippen MR) is 99.8 cm³/mol. The van der Waals surface area contributed by atoms with Crippen LogP contribution >= 0.6 is 11.8 Å². The monoisotopic (exact) mass is 582 g/mol. The van der Waals surface area contributed by atoms with E-state index in [1.165, 1.54) is 11.8 Å². The molecule has 3 rings (SSSR count). The quantitative estimate of drug-likeness (QED) is 0.381. The van der Waals surface area contributed by atoms with Crippen molar-refractivity contribution in [3.63, 3.8) is 0 Å². The predicted octanol–water partition coefficient (Wildman–Crippen LogP) is 4.30. The average Bonchev–Trinajstić information content (AvgIpc) is 3.00. The van der Waals surface area contributed by atoms with Crippen LogP contribution in [0.15, 0.2) is 40.4 Å². The number of hydrogen-bond donors (Lipinski definition) is 3. The van der Waals surface area contributed by atoms with Crippen molar-refractivity contribution in [2.24, 2.45) is 0 Å². The molecular formula is C16H19AcN8S-. The molecule has 0 atom stereocenters. The molecule has 3 aromatic rings. The van der Waals surface area contributed by atoms with Gasteiger partial charge < -0.3 is 16.4 Å². The minimum Gasteiger partial charge on any atom is -0.699 e. The maximum absolute atomic E-state index is 7.56. The second-order valence-electron chi connectivity index (χ2n) is 5.38. The molecule has 1 aromatic carbocycles. The van der Waals surface area contributed by atoms with Crippen molar-refractivity contribution in [1.82, 2.24) is 25.1 Å². The minimum absolute atomic E-state index is 0. The molecule has 133 valence electrons. The van der Waals surface area contributed by atoms with Crippen molar-refractivity contribution >= 4 is 35.2 Å². The van der Waals surface area contributed by atoms with Crippen molar-refractivity contribution in [3.8, 4) is 0 Å². The Kier molecular flexibility index (Phi) is 8.13. The van der Waals surface area contributed by atoms with Crippen molar-refractivity contribution in [1.29, 1.82) is 0 Å². The van der Waals surface area contributed by atoms with Gasteiger partial charge in [-0.25, -0.2) is 0 Å². The van der Waals surface area contributed by atoms with Gasteiger partial charge in [0.15, 0.2) is 11.0 Å². The van der Waals surface area contributed by atoms with Gasteiger partial charge in [0.1, 0.15) is 0 Å². The molecule has 10 heteroatoms. The van der Waals surface area contributed by atoms with Gasteiger partial charge in [-0.05, 0) is 37.2 Å². The van der Waals surface area contributed by atoms with Gasteiger partial charge in [-0.15, -0.1) is 5.69 Å². The van der Waals surface area contributed by atoms with Gasteiger partial charge in [-0.2, -0.15) is 20.1 Å². The molecule has 2 aromatic heterocycles. The number of anilines is 3. The fraction of sp³-hybridized carbons (Fsp3) is 0.250. The number of H-pyrrole nitrogens is 1.